The Bertz CT molecular complexity index is 462. The van der Waals surface area contributed by atoms with Gasteiger partial charge in [-0.2, -0.15) is 0 Å². The summed E-state index contributed by atoms with van der Waals surface area (Å²) in [7, 11) is 0. The van der Waals surface area contributed by atoms with E-state index in [4.69, 9.17) is 18.9 Å². The molecule has 0 aromatic heterocycles. The topological polar surface area (TPSA) is 49.3 Å². The van der Waals surface area contributed by atoms with E-state index in [2.05, 4.69) is 18.0 Å². The molecule has 0 spiro atoms. The highest BCUT2D eigenvalue weighted by Crippen LogP contribution is 2.29. The number of ether oxygens (including phenoxy) is 4. The molecule has 0 bridgehead atoms. The molecule has 0 amide bonds. The maximum atomic E-state index is 6.03. The third-order valence-corrected chi connectivity index (χ3v) is 4.09. The van der Waals surface area contributed by atoms with Crippen LogP contribution in [0.3, 0.4) is 0 Å². The Morgan fingerprint density at radius 2 is 2.00 bits per heavy atom. The largest absolute Gasteiger partial charge is 0.493 e. The lowest BCUT2D eigenvalue weighted by Crippen LogP contribution is -2.31. The predicted molar refractivity (Wildman–Crippen MR) is 90.5 cm³/mol. The van der Waals surface area contributed by atoms with Gasteiger partial charge in [-0.1, -0.05) is 13.3 Å². The summed E-state index contributed by atoms with van der Waals surface area (Å²) in [5, 5.41) is 0. The molecule has 1 saturated heterocycles. The van der Waals surface area contributed by atoms with Gasteiger partial charge in [-0.05, 0) is 19.9 Å². The minimum Gasteiger partial charge on any atom is -0.493 e. The third-order valence-electron chi connectivity index (χ3n) is 4.09. The first-order valence-electron chi connectivity index (χ1n) is 8.62. The smallest absolute Gasteiger partial charge is 0.171 e. The van der Waals surface area contributed by atoms with E-state index in [1.165, 1.54) is 0 Å². The first-order valence-corrected chi connectivity index (χ1v) is 8.62. The number of hydrogen-bond acceptors (Lipinski definition) is 5. The van der Waals surface area contributed by atoms with Crippen molar-refractivity contribution >= 4 is 6.21 Å². The molecule has 2 aliphatic rings. The van der Waals surface area contributed by atoms with Gasteiger partial charge in [0.2, 0.25) is 0 Å². The molecule has 5 heteroatoms. The van der Waals surface area contributed by atoms with E-state index in [0.717, 1.165) is 42.7 Å². The van der Waals surface area contributed by atoms with E-state index in [1.807, 2.05) is 20.1 Å². The molecular formula is C18H29NO4. The lowest BCUT2D eigenvalue weighted by atomic mass is 10.1. The number of allylic oxidation sites excluding steroid dienone is 2. The Labute approximate surface area is 139 Å². The third kappa shape index (κ3) is 5.16. The van der Waals surface area contributed by atoms with E-state index < -0.39 is 5.79 Å². The van der Waals surface area contributed by atoms with Gasteiger partial charge in [-0.15, -0.1) is 0 Å². The van der Waals surface area contributed by atoms with E-state index in [9.17, 15) is 0 Å². The van der Waals surface area contributed by atoms with Crippen LogP contribution in [0.5, 0.6) is 0 Å². The molecule has 0 unspecified atom stereocenters. The van der Waals surface area contributed by atoms with Gasteiger partial charge in [0.15, 0.2) is 5.79 Å². The highest BCUT2D eigenvalue weighted by molar-refractivity contribution is 5.63. The molecule has 0 saturated carbocycles. The van der Waals surface area contributed by atoms with Crippen molar-refractivity contribution in [3.63, 3.8) is 0 Å². The van der Waals surface area contributed by atoms with Crippen molar-refractivity contribution < 1.29 is 18.9 Å². The summed E-state index contributed by atoms with van der Waals surface area (Å²) in [6.45, 7) is 9.29. The van der Waals surface area contributed by atoms with Gasteiger partial charge in [0.05, 0.1) is 32.1 Å². The van der Waals surface area contributed by atoms with Gasteiger partial charge in [-0.25, -0.2) is 0 Å². The van der Waals surface area contributed by atoms with Gasteiger partial charge < -0.3 is 18.9 Å². The van der Waals surface area contributed by atoms with E-state index in [-0.39, 0.29) is 0 Å². The Kier molecular flexibility index (Phi) is 7.27. The zero-order valence-corrected chi connectivity index (χ0v) is 14.6. The molecule has 0 aliphatic carbocycles. The maximum absolute atomic E-state index is 6.03. The highest BCUT2D eigenvalue weighted by Gasteiger charge is 2.35. The summed E-state index contributed by atoms with van der Waals surface area (Å²) in [6, 6.07) is 0. The molecular weight excluding hydrogens is 294 g/mol. The monoisotopic (exact) mass is 323 g/mol. The van der Waals surface area contributed by atoms with Gasteiger partial charge in [0.1, 0.15) is 5.76 Å². The average Bonchev–Trinajstić information content (AvgIpc) is 2.93. The minimum absolute atomic E-state index is 0.456. The average molecular weight is 323 g/mol. The van der Waals surface area contributed by atoms with Crippen molar-refractivity contribution in [2.24, 2.45) is 4.99 Å². The molecule has 2 aliphatic heterocycles. The maximum Gasteiger partial charge on any atom is 0.171 e. The molecule has 0 radical (unpaired) electrons. The van der Waals surface area contributed by atoms with Gasteiger partial charge >= 0.3 is 0 Å². The summed E-state index contributed by atoms with van der Waals surface area (Å²) in [6.07, 6.45) is 7.43. The summed E-state index contributed by atoms with van der Waals surface area (Å²) >= 11 is 0. The van der Waals surface area contributed by atoms with Crippen LogP contribution in [-0.4, -0.2) is 45.0 Å². The molecule has 2 rings (SSSR count). The number of rotatable bonds is 9. The van der Waals surface area contributed by atoms with Crippen molar-refractivity contribution in [2.45, 2.75) is 52.2 Å². The molecule has 130 valence electrons. The van der Waals surface area contributed by atoms with Crippen LogP contribution in [0.15, 0.2) is 28.1 Å². The standard InChI is InChI=1S/C18H29NO4/c1-4-8-18(22-12-13-23-18)9-11-21-17-7-6-10-19-16(15(17)3)14-20-5-2/h7,10H,4-6,8-9,11-14H2,1-3H3. The SMILES string of the molecule is CCCC1(CCOC2=CCC=NC(COCC)=C2C)OCCO1. The lowest BCUT2D eigenvalue weighted by molar-refractivity contribution is -0.172. The summed E-state index contributed by atoms with van der Waals surface area (Å²) in [5.74, 6) is 0.435. The zero-order chi connectivity index (χ0) is 16.5. The lowest BCUT2D eigenvalue weighted by Gasteiger charge is -2.27. The number of aliphatic imine (C=N–C) groups is 1. The Hall–Kier alpha value is -1.17. The molecule has 0 atom stereocenters. The summed E-state index contributed by atoms with van der Waals surface area (Å²) in [4.78, 5) is 4.47. The molecule has 5 nitrogen and oxygen atoms in total. The first-order chi connectivity index (χ1) is 11.2. The molecule has 0 N–H and O–H groups in total. The van der Waals surface area contributed by atoms with Gasteiger partial charge in [0.25, 0.3) is 0 Å². The molecule has 23 heavy (non-hydrogen) atoms. The molecule has 0 aromatic rings. The number of nitrogens with zero attached hydrogens (tertiary/aromatic N) is 1. The van der Waals surface area contributed by atoms with Gasteiger partial charge in [0, 0.05) is 37.7 Å². The second-order valence-corrected chi connectivity index (χ2v) is 5.78. The van der Waals surface area contributed by atoms with Crippen molar-refractivity contribution in [2.75, 3.05) is 33.0 Å². The van der Waals surface area contributed by atoms with E-state index >= 15 is 0 Å². The molecule has 1 fully saturated rings. The van der Waals surface area contributed by atoms with Crippen LogP contribution in [-0.2, 0) is 18.9 Å². The fourth-order valence-electron chi connectivity index (χ4n) is 2.83. The molecule has 0 aromatic carbocycles. The number of hydrogen-bond donors (Lipinski definition) is 0. The van der Waals surface area contributed by atoms with Crippen LogP contribution in [0, 0.1) is 0 Å². The van der Waals surface area contributed by atoms with E-state index in [0.29, 0.717) is 33.0 Å². The van der Waals surface area contributed by atoms with Crippen LogP contribution >= 0.6 is 0 Å². The van der Waals surface area contributed by atoms with Crippen LogP contribution in [0.2, 0.25) is 0 Å². The van der Waals surface area contributed by atoms with Gasteiger partial charge in [-0.3, -0.25) is 4.99 Å². The second kappa shape index (κ2) is 9.21. The predicted octanol–water partition coefficient (Wildman–Crippen LogP) is 3.61. The minimum atomic E-state index is -0.456. The molecule has 2 heterocycles. The summed E-state index contributed by atoms with van der Waals surface area (Å²) in [5.41, 5.74) is 1.98. The Morgan fingerprint density at radius 3 is 2.70 bits per heavy atom. The van der Waals surface area contributed by atoms with Crippen LogP contribution < -0.4 is 0 Å². The quantitative estimate of drug-likeness (QED) is 0.650. The zero-order valence-electron chi connectivity index (χ0n) is 14.6. The Morgan fingerprint density at radius 1 is 1.22 bits per heavy atom. The highest BCUT2D eigenvalue weighted by atomic mass is 16.7. The first kappa shape index (κ1) is 18.2. The van der Waals surface area contributed by atoms with Crippen molar-refractivity contribution in [3.05, 3.63) is 23.1 Å². The Balaban J connectivity index is 1.92. The van der Waals surface area contributed by atoms with E-state index in [1.54, 1.807) is 0 Å². The van der Waals surface area contributed by atoms with Crippen molar-refractivity contribution in [3.8, 4) is 0 Å². The fourth-order valence-corrected chi connectivity index (χ4v) is 2.83. The fraction of sp³-hybridized carbons (Fsp3) is 0.722. The summed E-state index contributed by atoms with van der Waals surface area (Å²) < 4.78 is 23.1. The van der Waals surface area contributed by atoms with Crippen molar-refractivity contribution in [1.29, 1.82) is 0 Å². The van der Waals surface area contributed by atoms with Crippen LogP contribution in [0.1, 0.15) is 46.5 Å². The van der Waals surface area contributed by atoms with Crippen LogP contribution in [0.4, 0.5) is 0 Å². The van der Waals surface area contributed by atoms with Crippen molar-refractivity contribution in [1.82, 2.24) is 0 Å². The normalized spacial score (nSPS) is 20.6. The second-order valence-electron chi connectivity index (χ2n) is 5.78. The van der Waals surface area contributed by atoms with Crippen LogP contribution in [0.25, 0.3) is 0 Å².